The third-order valence-corrected chi connectivity index (χ3v) is 5.78. The summed E-state index contributed by atoms with van der Waals surface area (Å²) in [6.07, 6.45) is 1.49. The molecule has 4 rings (SSSR count). The average molecular weight is 539 g/mol. The van der Waals surface area contributed by atoms with Crippen LogP contribution in [-0.2, 0) is 11.2 Å². The SMILES string of the molecule is Cc1cc(I)ccc1NC(=O)[C@@H](Cc1c[nH]c2ccccc12)NC(=O)Oc1ccccc1. The Morgan fingerprint density at radius 1 is 1.03 bits per heavy atom. The number of nitrogens with one attached hydrogen (secondary N) is 3. The third-order valence-electron chi connectivity index (χ3n) is 5.11. The molecule has 6 nitrogen and oxygen atoms in total. The molecule has 0 aliphatic rings. The molecule has 0 saturated heterocycles. The molecule has 3 aromatic carbocycles. The number of hydrogen-bond acceptors (Lipinski definition) is 3. The van der Waals surface area contributed by atoms with Gasteiger partial charge in [0.15, 0.2) is 0 Å². The number of aromatic amines is 1. The van der Waals surface area contributed by atoms with Gasteiger partial charge in [-0.05, 0) is 77.0 Å². The molecule has 0 bridgehead atoms. The Morgan fingerprint density at radius 3 is 2.56 bits per heavy atom. The molecule has 0 spiro atoms. The van der Waals surface area contributed by atoms with E-state index < -0.39 is 12.1 Å². The van der Waals surface area contributed by atoms with Crippen molar-refractivity contribution in [1.82, 2.24) is 10.3 Å². The van der Waals surface area contributed by atoms with E-state index in [2.05, 4.69) is 38.2 Å². The Morgan fingerprint density at radius 2 is 1.78 bits per heavy atom. The first-order valence-corrected chi connectivity index (χ1v) is 11.2. The van der Waals surface area contributed by atoms with E-state index in [9.17, 15) is 9.59 Å². The number of halogens is 1. The van der Waals surface area contributed by atoms with Gasteiger partial charge in [-0.1, -0.05) is 36.4 Å². The number of aromatic nitrogens is 1. The van der Waals surface area contributed by atoms with Crippen LogP contribution in [0.2, 0.25) is 0 Å². The fourth-order valence-electron chi connectivity index (χ4n) is 3.48. The van der Waals surface area contributed by atoms with Crippen LogP contribution in [0.5, 0.6) is 5.75 Å². The summed E-state index contributed by atoms with van der Waals surface area (Å²) in [5.74, 6) is 0.0920. The minimum absolute atomic E-state index is 0.309. The number of rotatable bonds is 6. The van der Waals surface area contributed by atoms with Crippen molar-refractivity contribution in [1.29, 1.82) is 0 Å². The van der Waals surface area contributed by atoms with Crippen LogP contribution in [0.3, 0.4) is 0 Å². The zero-order chi connectivity index (χ0) is 22.5. The van der Waals surface area contributed by atoms with Gasteiger partial charge in [-0.25, -0.2) is 4.79 Å². The van der Waals surface area contributed by atoms with E-state index in [4.69, 9.17) is 4.74 Å². The fourth-order valence-corrected chi connectivity index (χ4v) is 4.13. The molecule has 1 heterocycles. The molecule has 4 aromatic rings. The summed E-state index contributed by atoms with van der Waals surface area (Å²) in [7, 11) is 0. The summed E-state index contributed by atoms with van der Waals surface area (Å²) in [4.78, 5) is 29.0. The van der Waals surface area contributed by atoms with Crippen molar-refractivity contribution in [3.8, 4) is 5.75 Å². The molecule has 32 heavy (non-hydrogen) atoms. The smallest absolute Gasteiger partial charge is 0.410 e. The second kappa shape index (κ2) is 9.86. The minimum Gasteiger partial charge on any atom is -0.410 e. The summed E-state index contributed by atoms with van der Waals surface area (Å²) in [5.41, 5.74) is 3.56. The normalized spacial score (nSPS) is 11.7. The van der Waals surface area contributed by atoms with E-state index in [1.54, 1.807) is 24.3 Å². The maximum absolute atomic E-state index is 13.2. The molecule has 0 unspecified atom stereocenters. The summed E-state index contributed by atoms with van der Waals surface area (Å²) >= 11 is 2.23. The van der Waals surface area contributed by atoms with Crippen molar-refractivity contribution in [2.45, 2.75) is 19.4 Å². The van der Waals surface area contributed by atoms with Gasteiger partial charge in [0.2, 0.25) is 5.91 Å². The van der Waals surface area contributed by atoms with Crippen LogP contribution < -0.4 is 15.4 Å². The molecule has 0 radical (unpaired) electrons. The van der Waals surface area contributed by atoms with Crippen molar-refractivity contribution >= 4 is 51.2 Å². The van der Waals surface area contributed by atoms with Crippen molar-refractivity contribution in [2.24, 2.45) is 0 Å². The van der Waals surface area contributed by atoms with Crippen LogP contribution in [-0.4, -0.2) is 23.0 Å². The van der Waals surface area contributed by atoms with Gasteiger partial charge in [-0.15, -0.1) is 0 Å². The Labute approximate surface area is 199 Å². The van der Waals surface area contributed by atoms with Crippen molar-refractivity contribution < 1.29 is 14.3 Å². The van der Waals surface area contributed by atoms with Gasteiger partial charge in [0, 0.05) is 32.8 Å². The van der Waals surface area contributed by atoms with E-state index in [0.717, 1.165) is 25.6 Å². The minimum atomic E-state index is -0.830. The number of hydrogen-bond donors (Lipinski definition) is 3. The molecule has 0 aliphatic heterocycles. The molecule has 0 fully saturated rings. The number of fused-ring (bicyclic) bond motifs is 1. The third kappa shape index (κ3) is 5.28. The van der Waals surface area contributed by atoms with Crippen molar-refractivity contribution in [3.05, 3.63) is 93.7 Å². The van der Waals surface area contributed by atoms with E-state index in [1.807, 2.05) is 61.7 Å². The number of benzene rings is 3. The van der Waals surface area contributed by atoms with E-state index in [-0.39, 0.29) is 5.91 Å². The van der Waals surface area contributed by atoms with Crippen LogP contribution in [0, 0.1) is 10.5 Å². The first-order chi connectivity index (χ1) is 15.5. The number of anilines is 1. The molecule has 0 aliphatic carbocycles. The molecule has 2 amide bonds. The second-order valence-electron chi connectivity index (χ2n) is 7.41. The van der Waals surface area contributed by atoms with E-state index >= 15 is 0 Å². The van der Waals surface area contributed by atoms with Gasteiger partial charge in [0.05, 0.1) is 0 Å². The van der Waals surface area contributed by atoms with Gasteiger partial charge in [0.1, 0.15) is 11.8 Å². The van der Waals surface area contributed by atoms with Gasteiger partial charge >= 0.3 is 6.09 Å². The second-order valence-corrected chi connectivity index (χ2v) is 8.66. The van der Waals surface area contributed by atoms with Crippen LogP contribution >= 0.6 is 22.6 Å². The summed E-state index contributed by atoms with van der Waals surface area (Å²) in [6.45, 7) is 1.93. The number of para-hydroxylation sites is 2. The number of carbonyl (C=O) groups excluding carboxylic acids is 2. The van der Waals surface area contributed by atoms with Crippen LogP contribution in [0.4, 0.5) is 10.5 Å². The zero-order valence-corrected chi connectivity index (χ0v) is 19.6. The van der Waals surface area contributed by atoms with Crippen LogP contribution in [0.25, 0.3) is 10.9 Å². The molecule has 1 aromatic heterocycles. The molecular formula is C25H22IN3O3. The molecule has 0 saturated carbocycles. The lowest BCUT2D eigenvalue weighted by molar-refractivity contribution is -0.118. The predicted octanol–water partition coefficient (Wildman–Crippen LogP) is 5.42. The molecule has 7 heteroatoms. The summed E-state index contributed by atoms with van der Waals surface area (Å²) in [6, 6.07) is 21.6. The summed E-state index contributed by atoms with van der Waals surface area (Å²) < 4.78 is 6.43. The molecule has 1 atom stereocenters. The van der Waals surface area contributed by atoms with Crippen LogP contribution in [0.15, 0.2) is 79.0 Å². The average Bonchev–Trinajstić information content (AvgIpc) is 3.19. The first-order valence-electron chi connectivity index (χ1n) is 10.1. The lowest BCUT2D eigenvalue weighted by atomic mass is 10.0. The fraction of sp³-hybridized carbons (Fsp3) is 0.120. The first kappa shape index (κ1) is 21.9. The van der Waals surface area contributed by atoms with Crippen LogP contribution in [0.1, 0.15) is 11.1 Å². The predicted molar refractivity (Wildman–Crippen MR) is 134 cm³/mol. The Bertz CT molecular complexity index is 1250. The number of carbonyl (C=O) groups is 2. The zero-order valence-electron chi connectivity index (χ0n) is 17.4. The number of amides is 2. The topological polar surface area (TPSA) is 83.2 Å². The maximum atomic E-state index is 13.2. The quantitative estimate of drug-likeness (QED) is 0.286. The highest BCUT2D eigenvalue weighted by molar-refractivity contribution is 14.1. The van der Waals surface area contributed by atoms with Gasteiger partial charge < -0.3 is 20.4 Å². The van der Waals surface area contributed by atoms with Gasteiger partial charge in [-0.2, -0.15) is 0 Å². The standard InChI is InChI=1S/C25H22IN3O3/c1-16-13-18(26)11-12-21(16)28-24(30)23(29-25(31)32-19-7-3-2-4-8-19)14-17-15-27-22-10-6-5-9-20(17)22/h2-13,15,23,27H,14H2,1H3,(H,28,30)(H,29,31)/t23-/m1/s1. The monoisotopic (exact) mass is 539 g/mol. The van der Waals surface area contributed by atoms with Crippen molar-refractivity contribution in [2.75, 3.05) is 5.32 Å². The molecular weight excluding hydrogens is 517 g/mol. The Hall–Kier alpha value is -3.33. The highest BCUT2D eigenvalue weighted by Crippen LogP contribution is 2.21. The van der Waals surface area contributed by atoms with E-state index in [1.165, 1.54) is 0 Å². The highest BCUT2D eigenvalue weighted by atomic mass is 127. The lowest BCUT2D eigenvalue weighted by Gasteiger charge is -2.19. The maximum Gasteiger partial charge on any atom is 0.413 e. The highest BCUT2D eigenvalue weighted by Gasteiger charge is 2.24. The molecule has 3 N–H and O–H groups in total. The summed E-state index contributed by atoms with van der Waals surface area (Å²) in [5, 5.41) is 6.68. The number of H-pyrrole nitrogens is 1. The largest absolute Gasteiger partial charge is 0.413 e. The molecule has 162 valence electrons. The Balaban J connectivity index is 1.56. The van der Waals surface area contributed by atoms with Gasteiger partial charge in [-0.3, -0.25) is 4.79 Å². The van der Waals surface area contributed by atoms with E-state index in [0.29, 0.717) is 17.9 Å². The van der Waals surface area contributed by atoms with Crippen molar-refractivity contribution in [3.63, 3.8) is 0 Å². The van der Waals surface area contributed by atoms with Gasteiger partial charge in [0.25, 0.3) is 0 Å². The number of ether oxygens (including phenoxy) is 1. The Kier molecular flexibility index (Phi) is 6.75. The lowest BCUT2D eigenvalue weighted by Crippen LogP contribution is -2.46. The number of aryl methyl sites for hydroxylation is 1.